The molecule has 0 radical (unpaired) electrons. The zero-order valence-electron chi connectivity index (χ0n) is 16.8. The van der Waals surface area contributed by atoms with Crippen molar-refractivity contribution in [2.24, 2.45) is 10.8 Å². The van der Waals surface area contributed by atoms with Gasteiger partial charge in [0.2, 0.25) is 0 Å². The van der Waals surface area contributed by atoms with Crippen molar-refractivity contribution >= 4 is 45.0 Å². The van der Waals surface area contributed by atoms with Crippen LogP contribution in [0.1, 0.15) is 12.5 Å². The average molecular weight is 493 g/mol. The van der Waals surface area contributed by atoms with Gasteiger partial charge in [0.1, 0.15) is 5.82 Å². The first-order valence-corrected chi connectivity index (χ1v) is 11.2. The summed E-state index contributed by atoms with van der Waals surface area (Å²) in [5.41, 5.74) is 3.80. The van der Waals surface area contributed by atoms with Crippen LogP contribution in [0.4, 0.5) is 11.4 Å². The van der Waals surface area contributed by atoms with Gasteiger partial charge < -0.3 is 10.0 Å². The van der Waals surface area contributed by atoms with Crippen LogP contribution in [-0.2, 0) is 0 Å². The zero-order chi connectivity index (χ0) is 21.6. The standard InChI is InChI=1S/C23H21BrN6S/c1-16(24)23-28-21(17-5-3-2-4-6-17)15-22(30(23)25)27-18-7-9-20(10-8-18)31-29-19-11-13-26-14-12-19/h2-15,27H,25H2,1H3,(H,26,29)/b23-16+. The minimum atomic E-state index is 0.651. The van der Waals surface area contributed by atoms with Gasteiger partial charge in [-0.2, -0.15) is 0 Å². The Balaban J connectivity index is 1.51. The van der Waals surface area contributed by atoms with Crippen molar-refractivity contribution in [2.75, 3.05) is 10.0 Å². The summed E-state index contributed by atoms with van der Waals surface area (Å²) >= 11 is 5.06. The fourth-order valence-corrected chi connectivity index (χ4v) is 3.83. The number of aliphatic imine (C=N–C) groups is 1. The van der Waals surface area contributed by atoms with Crippen LogP contribution in [0.25, 0.3) is 0 Å². The normalized spacial score (nSPS) is 15.1. The molecule has 31 heavy (non-hydrogen) atoms. The lowest BCUT2D eigenvalue weighted by molar-refractivity contribution is 0.444. The number of rotatable bonds is 6. The first-order valence-electron chi connectivity index (χ1n) is 9.57. The van der Waals surface area contributed by atoms with Crippen LogP contribution < -0.4 is 15.9 Å². The van der Waals surface area contributed by atoms with E-state index in [1.54, 1.807) is 29.4 Å². The maximum atomic E-state index is 6.34. The van der Waals surface area contributed by atoms with Crippen LogP contribution in [0.5, 0.6) is 0 Å². The smallest absolute Gasteiger partial charge is 0.159 e. The third-order valence-corrected chi connectivity index (χ3v) is 5.66. The first-order chi connectivity index (χ1) is 15.1. The second-order valence-corrected chi connectivity index (χ2v) is 8.78. The number of hydrogen-bond donors (Lipinski definition) is 3. The molecule has 0 fully saturated rings. The van der Waals surface area contributed by atoms with Crippen molar-refractivity contribution < 1.29 is 0 Å². The number of nitrogens with two attached hydrogens (primary N) is 1. The summed E-state index contributed by atoms with van der Waals surface area (Å²) in [5, 5.41) is 4.95. The molecule has 0 amide bonds. The molecule has 0 saturated carbocycles. The summed E-state index contributed by atoms with van der Waals surface area (Å²) in [6.45, 7) is 1.92. The Kier molecular flexibility index (Phi) is 6.71. The molecule has 0 aliphatic carbocycles. The van der Waals surface area contributed by atoms with Gasteiger partial charge in [0.05, 0.1) is 5.71 Å². The molecule has 2 aromatic carbocycles. The van der Waals surface area contributed by atoms with Crippen molar-refractivity contribution in [2.45, 2.75) is 11.8 Å². The van der Waals surface area contributed by atoms with Crippen LogP contribution >= 0.6 is 27.9 Å². The van der Waals surface area contributed by atoms with E-state index in [2.05, 4.69) is 31.0 Å². The fourth-order valence-electron chi connectivity index (χ4n) is 2.90. The van der Waals surface area contributed by atoms with Gasteiger partial charge in [-0.05, 0) is 55.3 Å². The minimum absolute atomic E-state index is 0.651. The number of anilines is 2. The third-order valence-electron chi connectivity index (χ3n) is 4.46. The van der Waals surface area contributed by atoms with Crippen LogP contribution in [0.15, 0.2) is 111 Å². The van der Waals surface area contributed by atoms with Gasteiger partial charge in [0, 0.05) is 44.8 Å². The van der Waals surface area contributed by atoms with Crippen LogP contribution in [0, 0.1) is 0 Å². The molecular formula is C23H21BrN6S. The van der Waals surface area contributed by atoms with Crippen LogP contribution in [0.3, 0.4) is 0 Å². The molecule has 0 spiro atoms. The van der Waals surface area contributed by atoms with E-state index in [0.717, 1.165) is 37.8 Å². The highest BCUT2D eigenvalue weighted by atomic mass is 79.9. The Morgan fingerprint density at radius 2 is 1.68 bits per heavy atom. The second kappa shape index (κ2) is 9.82. The largest absolute Gasteiger partial charge is 0.340 e. The maximum Gasteiger partial charge on any atom is 0.159 e. The molecule has 3 aromatic rings. The fraction of sp³-hybridized carbons (Fsp3) is 0.0435. The first kappa shape index (κ1) is 21.2. The van der Waals surface area contributed by atoms with Gasteiger partial charge in [-0.1, -0.05) is 46.3 Å². The average Bonchev–Trinajstić information content (AvgIpc) is 2.81. The zero-order valence-corrected chi connectivity index (χ0v) is 19.2. The SMILES string of the molecule is C/C(Br)=C1/N=C(c2ccccc2)C=C(Nc2ccc(SNc3ccncc3)cc2)N1N. The summed E-state index contributed by atoms with van der Waals surface area (Å²) in [7, 11) is 0. The van der Waals surface area contributed by atoms with Gasteiger partial charge in [0.25, 0.3) is 0 Å². The number of pyridine rings is 1. The second-order valence-electron chi connectivity index (χ2n) is 6.71. The minimum Gasteiger partial charge on any atom is -0.340 e. The Bertz CT molecular complexity index is 1120. The topological polar surface area (TPSA) is 78.6 Å². The Hall–Kier alpha value is -3.07. The Labute approximate surface area is 194 Å². The summed E-state index contributed by atoms with van der Waals surface area (Å²) in [4.78, 5) is 9.82. The molecule has 0 unspecified atom stereocenters. The van der Waals surface area contributed by atoms with Gasteiger partial charge in [-0.3, -0.25) is 4.98 Å². The number of aromatic nitrogens is 1. The molecule has 4 N–H and O–H groups in total. The molecule has 1 aromatic heterocycles. The van der Waals surface area contributed by atoms with Crippen LogP contribution in [-0.4, -0.2) is 15.7 Å². The summed E-state index contributed by atoms with van der Waals surface area (Å²) in [6, 6.07) is 22.0. The van der Waals surface area contributed by atoms with Gasteiger partial charge in [-0.25, -0.2) is 15.8 Å². The molecule has 0 saturated heterocycles. The maximum absolute atomic E-state index is 6.34. The molecule has 156 valence electrons. The molecule has 8 heteroatoms. The van der Waals surface area contributed by atoms with Crippen molar-refractivity contribution in [3.05, 3.63) is 107 Å². The van der Waals surface area contributed by atoms with E-state index in [9.17, 15) is 0 Å². The van der Waals surface area contributed by atoms with E-state index in [1.807, 2.05) is 79.7 Å². The van der Waals surface area contributed by atoms with E-state index >= 15 is 0 Å². The molecule has 4 rings (SSSR count). The van der Waals surface area contributed by atoms with Gasteiger partial charge >= 0.3 is 0 Å². The Morgan fingerprint density at radius 1 is 0.968 bits per heavy atom. The highest BCUT2D eigenvalue weighted by molar-refractivity contribution is 9.11. The van der Waals surface area contributed by atoms with Crippen molar-refractivity contribution in [1.82, 2.24) is 9.99 Å². The molecular weight excluding hydrogens is 472 g/mol. The van der Waals surface area contributed by atoms with E-state index < -0.39 is 0 Å². The van der Waals surface area contributed by atoms with Crippen LogP contribution in [0.2, 0.25) is 0 Å². The predicted molar refractivity (Wildman–Crippen MR) is 132 cm³/mol. The van der Waals surface area contributed by atoms with Crippen molar-refractivity contribution in [3.8, 4) is 0 Å². The predicted octanol–water partition coefficient (Wildman–Crippen LogP) is 5.72. The highest BCUT2D eigenvalue weighted by Gasteiger charge is 2.20. The lowest BCUT2D eigenvalue weighted by atomic mass is 10.1. The number of halogens is 1. The summed E-state index contributed by atoms with van der Waals surface area (Å²) in [5.74, 6) is 7.73. The number of hydrogen-bond acceptors (Lipinski definition) is 7. The quantitative estimate of drug-likeness (QED) is 0.301. The molecule has 0 bridgehead atoms. The third kappa shape index (κ3) is 5.35. The summed E-state index contributed by atoms with van der Waals surface area (Å²) in [6.07, 6.45) is 5.47. The molecule has 2 heterocycles. The molecule has 1 aliphatic rings. The van der Waals surface area contributed by atoms with Crippen molar-refractivity contribution in [1.29, 1.82) is 0 Å². The number of benzene rings is 2. The lowest BCUT2D eigenvalue weighted by Gasteiger charge is -2.28. The monoisotopic (exact) mass is 492 g/mol. The summed E-state index contributed by atoms with van der Waals surface area (Å²) < 4.78 is 4.15. The van der Waals surface area contributed by atoms with Gasteiger partial charge in [-0.15, -0.1) is 0 Å². The number of nitrogens with one attached hydrogen (secondary N) is 2. The number of nitrogens with zero attached hydrogens (tertiary/aromatic N) is 3. The van der Waals surface area contributed by atoms with E-state index in [0.29, 0.717) is 5.82 Å². The number of hydrazine groups is 1. The van der Waals surface area contributed by atoms with E-state index in [4.69, 9.17) is 10.8 Å². The molecule has 1 aliphatic heterocycles. The van der Waals surface area contributed by atoms with E-state index in [1.165, 1.54) is 0 Å². The van der Waals surface area contributed by atoms with Gasteiger partial charge in [0.15, 0.2) is 5.82 Å². The molecule has 6 nitrogen and oxygen atoms in total. The number of allylic oxidation sites excluding steroid dienone is 2. The van der Waals surface area contributed by atoms with E-state index in [-0.39, 0.29) is 0 Å². The van der Waals surface area contributed by atoms with Crippen molar-refractivity contribution in [3.63, 3.8) is 0 Å². The lowest BCUT2D eigenvalue weighted by Crippen LogP contribution is -2.36. The highest BCUT2D eigenvalue weighted by Crippen LogP contribution is 2.27. The Morgan fingerprint density at radius 3 is 2.35 bits per heavy atom. The molecule has 0 atom stereocenters.